The summed E-state index contributed by atoms with van der Waals surface area (Å²) in [7, 11) is 0. The van der Waals surface area contributed by atoms with Gasteiger partial charge in [0.1, 0.15) is 0 Å². The number of benzene rings is 3. The van der Waals surface area contributed by atoms with Crippen molar-refractivity contribution in [3.63, 3.8) is 0 Å². The van der Waals surface area contributed by atoms with Crippen molar-refractivity contribution in [2.24, 2.45) is 0 Å². The number of likely N-dealkylation sites (tertiary alicyclic amines) is 1. The molecule has 0 saturated carbocycles. The quantitative estimate of drug-likeness (QED) is 0.514. The fourth-order valence-electron chi connectivity index (χ4n) is 4.81. The van der Waals surface area contributed by atoms with E-state index in [1.165, 1.54) is 49.1 Å². The van der Waals surface area contributed by atoms with Gasteiger partial charge >= 0.3 is 0 Å². The number of nitrogens with zero attached hydrogens (tertiary/aromatic N) is 1. The Morgan fingerprint density at radius 3 is 2.34 bits per heavy atom. The van der Waals surface area contributed by atoms with Gasteiger partial charge in [0.2, 0.25) is 0 Å². The highest BCUT2D eigenvalue weighted by Crippen LogP contribution is 2.28. The van der Waals surface area contributed by atoms with Gasteiger partial charge in [0.15, 0.2) is 0 Å². The lowest BCUT2D eigenvalue weighted by Gasteiger charge is -2.29. The molecule has 1 heterocycles. The molecule has 3 heteroatoms. The number of hydrogen-bond donors (Lipinski definition) is 1. The van der Waals surface area contributed by atoms with Gasteiger partial charge in [0, 0.05) is 17.8 Å². The summed E-state index contributed by atoms with van der Waals surface area (Å²) in [5, 5.41) is 3.08. The predicted molar refractivity (Wildman–Crippen MR) is 133 cm³/mol. The van der Waals surface area contributed by atoms with Gasteiger partial charge in [-0.05, 0) is 85.3 Å². The van der Waals surface area contributed by atoms with Gasteiger partial charge in [-0.3, -0.25) is 9.69 Å². The molecule has 5 rings (SSSR count). The Hall–Kier alpha value is -3.17. The third kappa shape index (κ3) is 4.84. The SMILES string of the molecule is O=C(Nc1ccc2c(c1)CCC(CN1CCCCC1)=C2)c1ccc(-c2ccccc2)cc1. The minimum absolute atomic E-state index is 0.0679. The Labute approximate surface area is 190 Å². The summed E-state index contributed by atoms with van der Waals surface area (Å²) in [5.41, 5.74) is 7.97. The highest BCUT2D eigenvalue weighted by atomic mass is 16.1. The molecular weight excluding hydrogens is 392 g/mol. The topological polar surface area (TPSA) is 32.3 Å². The Bertz CT molecular complexity index is 1110. The summed E-state index contributed by atoms with van der Waals surface area (Å²) in [4.78, 5) is 15.4. The van der Waals surface area contributed by atoms with Gasteiger partial charge < -0.3 is 5.32 Å². The smallest absolute Gasteiger partial charge is 0.255 e. The lowest BCUT2D eigenvalue weighted by molar-refractivity contribution is 0.102. The normalized spacial score (nSPS) is 16.2. The van der Waals surface area contributed by atoms with Crippen LogP contribution in [0.25, 0.3) is 17.2 Å². The number of fused-ring (bicyclic) bond motifs is 1. The molecule has 1 amide bonds. The molecule has 0 atom stereocenters. The van der Waals surface area contributed by atoms with E-state index in [1.54, 1.807) is 0 Å². The molecule has 1 fully saturated rings. The Kier molecular flexibility index (Phi) is 6.17. The first-order valence-electron chi connectivity index (χ1n) is 11.8. The average molecular weight is 423 g/mol. The molecule has 0 unspecified atom stereocenters. The third-order valence-electron chi connectivity index (χ3n) is 6.61. The molecule has 2 aliphatic rings. The number of carbonyl (C=O) groups excluding carboxylic acids is 1. The monoisotopic (exact) mass is 422 g/mol. The largest absolute Gasteiger partial charge is 0.322 e. The predicted octanol–water partition coefficient (Wildman–Crippen LogP) is 6.42. The van der Waals surface area contributed by atoms with Crippen molar-refractivity contribution in [1.82, 2.24) is 4.90 Å². The molecule has 1 saturated heterocycles. The maximum Gasteiger partial charge on any atom is 0.255 e. The van der Waals surface area contributed by atoms with E-state index in [1.807, 2.05) is 48.5 Å². The number of nitrogens with one attached hydrogen (secondary N) is 1. The lowest BCUT2D eigenvalue weighted by atomic mass is 9.91. The molecule has 0 spiro atoms. The molecule has 3 nitrogen and oxygen atoms in total. The molecule has 32 heavy (non-hydrogen) atoms. The number of anilines is 1. The molecule has 1 N–H and O–H groups in total. The van der Waals surface area contributed by atoms with Crippen molar-refractivity contribution in [2.75, 3.05) is 25.0 Å². The zero-order valence-corrected chi connectivity index (χ0v) is 18.5. The van der Waals surface area contributed by atoms with Crippen LogP contribution in [0.3, 0.4) is 0 Å². The molecule has 3 aromatic carbocycles. The van der Waals surface area contributed by atoms with Crippen LogP contribution in [0, 0.1) is 0 Å². The Balaban J connectivity index is 1.24. The molecule has 0 bridgehead atoms. The van der Waals surface area contributed by atoms with Gasteiger partial charge in [-0.2, -0.15) is 0 Å². The summed E-state index contributed by atoms with van der Waals surface area (Å²) < 4.78 is 0. The summed E-state index contributed by atoms with van der Waals surface area (Å²) >= 11 is 0. The van der Waals surface area contributed by atoms with Crippen LogP contribution in [0.5, 0.6) is 0 Å². The maximum absolute atomic E-state index is 12.8. The second kappa shape index (κ2) is 9.54. The standard InChI is InChI=1S/C29H30N2O/c32-29(25-13-11-24(12-14-25)23-7-3-1-4-8-23)30-28-16-15-26-19-22(9-10-27(26)20-28)21-31-17-5-2-6-18-31/h1,3-4,7-8,11-16,19-20H,2,5-6,9-10,17-18,21H2,(H,30,32). The number of carbonyl (C=O) groups is 1. The first-order valence-corrected chi connectivity index (χ1v) is 11.8. The van der Waals surface area contributed by atoms with Crippen LogP contribution in [-0.2, 0) is 6.42 Å². The highest BCUT2D eigenvalue weighted by Gasteiger charge is 2.16. The number of aryl methyl sites for hydroxylation is 1. The second-order valence-corrected chi connectivity index (χ2v) is 8.95. The summed E-state index contributed by atoms with van der Waals surface area (Å²) in [6.45, 7) is 3.58. The minimum Gasteiger partial charge on any atom is -0.322 e. The van der Waals surface area contributed by atoms with Crippen LogP contribution >= 0.6 is 0 Å². The van der Waals surface area contributed by atoms with Crippen LogP contribution in [0.1, 0.15) is 47.2 Å². The van der Waals surface area contributed by atoms with Crippen molar-refractivity contribution >= 4 is 17.7 Å². The second-order valence-electron chi connectivity index (χ2n) is 8.95. The zero-order valence-electron chi connectivity index (χ0n) is 18.5. The third-order valence-corrected chi connectivity index (χ3v) is 6.61. The van der Waals surface area contributed by atoms with E-state index in [0.717, 1.165) is 36.2 Å². The molecule has 3 aromatic rings. The van der Waals surface area contributed by atoms with E-state index in [0.29, 0.717) is 5.56 Å². The first-order chi connectivity index (χ1) is 15.7. The summed E-state index contributed by atoms with van der Waals surface area (Å²) in [6.07, 6.45) is 8.57. The maximum atomic E-state index is 12.8. The average Bonchev–Trinajstić information content (AvgIpc) is 2.85. The van der Waals surface area contributed by atoms with E-state index >= 15 is 0 Å². The van der Waals surface area contributed by atoms with Gasteiger partial charge in [-0.15, -0.1) is 0 Å². The highest BCUT2D eigenvalue weighted by molar-refractivity contribution is 6.04. The van der Waals surface area contributed by atoms with E-state index in [-0.39, 0.29) is 5.91 Å². The van der Waals surface area contributed by atoms with E-state index < -0.39 is 0 Å². The van der Waals surface area contributed by atoms with Crippen molar-refractivity contribution < 1.29 is 4.79 Å². The van der Waals surface area contributed by atoms with Crippen molar-refractivity contribution in [3.8, 4) is 11.1 Å². The number of hydrogen-bond acceptors (Lipinski definition) is 2. The summed E-state index contributed by atoms with van der Waals surface area (Å²) in [5.74, 6) is -0.0679. The Morgan fingerprint density at radius 2 is 1.56 bits per heavy atom. The zero-order chi connectivity index (χ0) is 21.8. The molecular formula is C29H30N2O. The van der Waals surface area contributed by atoms with Crippen LogP contribution < -0.4 is 5.32 Å². The van der Waals surface area contributed by atoms with Crippen LogP contribution in [-0.4, -0.2) is 30.4 Å². The van der Waals surface area contributed by atoms with Gasteiger partial charge in [-0.25, -0.2) is 0 Å². The van der Waals surface area contributed by atoms with E-state index in [4.69, 9.17) is 0 Å². The fraction of sp³-hybridized carbons (Fsp3) is 0.276. The van der Waals surface area contributed by atoms with Crippen LogP contribution in [0.2, 0.25) is 0 Å². The van der Waals surface area contributed by atoms with Gasteiger partial charge in [0.05, 0.1) is 0 Å². The minimum atomic E-state index is -0.0679. The van der Waals surface area contributed by atoms with Gasteiger partial charge in [-0.1, -0.05) is 66.6 Å². The molecule has 1 aliphatic heterocycles. The first kappa shape index (κ1) is 20.7. The number of amides is 1. The van der Waals surface area contributed by atoms with Crippen molar-refractivity contribution in [2.45, 2.75) is 32.1 Å². The van der Waals surface area contributed by atoms with Gasteiger partial charge in [0.25, 0.3) is 5.91 Å². The molecule has 0 radical (unpaired) electrons. The van der Waals surface area contributed by atoms with E-state index in [2.05, 4.69) is 40.6 Å². The fourth-order valence-corrected chi connectivity index (χ4v) is 4.81. The van der Waals surface area contributed by atoms with Crippen LogP contribution in [0.4, 0.5) is 5.69 Å². The molecule has 0 aromatic heterocycles. The Morgan fingerprint density at radius 1 is 0.812 bits per heavy atom. The number of piperidine rings is 1. The summed E-state index contributed by atoms with van der Waals surface area (Å²) in [6, 6.07) is 24.3. The molecule has 1 aliphatic carbocycles. The van der Waals surface area contributed by atoms with Crippen LogP contribution in [0.15, 0.2) is 78.4 Å². The van der Waals surface area contributed by atoms with E-state index in [9.17, 15) is 4.79 Å². The molecule has 162 valence electrons. The number of rotatable bonds is 5. The van der Waals surface area contributed by atoms with Crippen molar-refractivity contribution in [3.05, 3.63) is 95.1 Å². The van der Waals surface area contributed by atoms with Crippen molar-refractivity contribution in [1.29, 1.82) is 0 Å². The lowest BCUT2D eigenvalue weighted by Crippen LogP contribution is -2.31.